The average Bonchev–Trinajstić information content (AvgIpc) is 2.87. The van der Waals surface area contributed by atoms with E-state index in [1.54, 1.807) is 12.1 Å². The number of sulfonamides is 1. The zero-order valence-corrected chi connectivity index (χ0v) is 25.6. The van der Waals surface area contributed by atoms with Crippen molar-refractivity contribution in [3.63, 3.8) is 0 Å². The molecule has 0 bridgehead atoms. The first-order valence-corrected chi connectivity index (χ1v) is 17.5. The Hall–Kier alpha value is -3.27. The second-order valence-corrected chi connectivity index (χ2v) is 17.2. The Labute approximate surface area is 232 Å². The Balaban J connectivity index is 1.93. The maximum Gasteiger partial charge on any atom is 0.240 e. The molecule has 39 heavy (non-hydrogen) atoms. The number of carbonyl (C=O) groups excluding carboxylic acids is 1. The van der Waals surface area contributed by atoms with Crippen LogP contribution >= 0.6 is 0 Å². The van der Waals surface area contributed by atoms with Crippen LogP contribution in [0.3, 0.4) is 0 Å². The predicted octanol–water partition coefficient (Wildman–Crippen LogP) is 2.35. The van der Waals surface area contributed by atoms with Gasteiger partial charge in [0.15, 0.2) is 5.71 Å². The molecule has 0 saturated carbocycles. The van der Waals surface area contributed by atoms with Crippen molar-refractivity contribution in [2.24, 2.45) is 0 Å². The number of carboxylic acids is 1. The highest BCUT2D eigenvalue weighted by Crippen LogP contribution is 2.43. The van der Waals surface area contributed by atoms with Gasteiger partial charge in [-0.15, -0.1) is 0 Å². The third-order valence-electron chi connectivity index (χ3n) is 7.56. The number of nitrogens with zero attached hydrogens (tertiary/aromatic N) is 2. The molecule has 0 radical (unpaired) electrons. The molecule has 0 amide bonds. The molecule has 2 aromatic rings. The minimum Gasteiger partial charge on any atom is -0.550 e. The minimum atomic E-state index is -3.83. The highest BCUT2D eigenvalue weighted by atomic mass is 32.2. The van der Waals surface area contributed by atoms with Crippen molar-refractivity contribution >= 4 is 46.2 Å². The van der Waals surface area contributed by atoms with Gasteiger partial charge < -0.3 is 14.8 Å². The van der Waals surface area contributed by atoms with Crippen molar-refractivity contribution in [3.8, 4) is 0 Å². The van der Waals surface area contributed by atoms with Crippen LogP contribution < -0.4 is 19.9 Å². The van der Waals surface area contributed by atoms with Crippen molar-refractivity contribution in [2.75, 3.05) is 39.6 Å². The molecule has 4 rings (SSSR count). The molecular weight excluding hydrogens is 527 g/mol. The summed E-state index contributed by atoms with van der Waals surface area (Å²) in [5.74, 6) is -1.20. The van der Waals surface area contributed by atoms with Crippen molar-refractivity contribution in [2.45, 2.75) is 37.8 Å². The van der Waals surface area contributed by atoms with Crippen LogP contribution in [0.15, 0.2) is 70.3 Å². The maximum absolute atomic E-state index is 13.2. The molecule has 2 aliphatic rings. The number of hydrogen-bond donors (Lipinski definition) is 1. The van der Waals surface area contributed by atoms with Gasteiger partial charge in [-0.05, 0) is 88.3 Å². The van der Waals surface area contributed by atoms with Gasteiger partial charge in [-0.25, -0.2) is 17.7 Å². The van der Waals surface area contributed by atoms with E-state index in [4.69, 9.17) is 0 Å². The van der Waals surface area contributed by atoms with Gasteiger partial charge in [-0.1, -0.05) is 25.2 Å². The number of nitrogens with one attached hydrogen (secondary N) is 1. The maximum atomic E-state index is 13.2. The van der Waals surface area contributed by atoms with Crippen molar-refractivity contribution in [1.82, 2.24) is 4.72 Å². The fraction of sp³-hybridized carbons (Fsp3) is 0.333. The van der Waals surface area contributed by atoms with Crippen LogP contribution in [0.2, 0.25) is 13.1 Å². The summed E-state index contributed by atoms with van der Waals surface area (Å²) in [6.45, 7) is 6.79. The molecule has 0 aromatic heterocycles. The van der Waals surface area contributed by atoms with E-state index in [0.29, 0.717) is 0 Å². The second-order valence-electron chi connectivity index (χ2n) is 11.1. The smallest absolute Gasteiger partial charge is 0.240 e. The molecule has 0 spiro atoms. The highest BCUT2D eigenvalue weighted by molar-refractivity contribution is 7.89. The molecule has 1 aliphatic heterocycles. The number of aliphatic carboxylic acids is 1. The number of carboxylic acid groups (broad SMARTS) is 1. The highest BCUT2D eigenvalue weighted by Gasteiger charge is 2.40. The number of hydrogen-bond acceptors (Lipinski definition) is 5. The summed E-state index contributed by atoms with van der Waals surface area (Å²) in [6.07, 6.45) is 6.56. The van der Waals surface area contributed by atoms with Gasteiger partial charge in [0.1, 0.15) is 22.2 Å². The first-order chi connectivity index (χ1) is 18.2. The second kappa shape index (κ2) is 10.7. The van der Waals surface area contributed by atoms with Gasteiger partial charge in [-0.2, -0.15) is 0 Å². The van der Waals surface area contributed by atoms with E-state index >= 15 is 0 Å². The largest absolute Gasteiger partial charge is 0.550 e. The van der Waals surface area contributed by atoms with Crippen molar-refractivity contribution in [3.05, 3.63) is 82.1 Å². The van der Waals surface area contributed by atoms with Gasteiger partial charge in [0.25, 0.3) is 0 Å². The van der Waals surface area contributed by atoms with Gasteiger partial charge in [-0.3, -0.25) is 0 Å². The summed E-state index contributed by atoms with van der Waals surface area (Å²) < 4.78 is 31.0. The van der Waals surface area contributed by atoms with E-state index in [1.807, 2.05) is 41.2 Å². The number of fused-ring (bicyclic) bond motifs is 2. The van der Waals surface area contributed by atoms with Crippen molar-refractivity contribution in [1.29, 1.82) is 0 Å². The number of benzene rings is 2. The lowest BCUT2D eigenvalue weighted by Gasteiger charge is -2.38. The van der Waals surface area contributed by atoms with Crippen LogP contribution in [0.25, 0.3) is 5.57 Å². The van der Waals surface area contributed by atoms with Crippen LogP contribution in [0.1, 0.15) is 29.5 Å². The van der Waals surface area contributed by atoms with Crippen LogP contribution in [0, 0.1) is 6.92 Å². The number of allylic oxidation sites excluding steroid dienone is 5. The molecule has 2 aromatic carbocycles. The van der Waals surface area contributed by atoms with E-state index in [-0.39, 0.29) is 24.3 Å². The van der Waals surface area contributed by atoms with Gasteiger partial charge >= 0.3 is 0 Å². The SMILES string of the molecule is Cc1ccc(S(=O)(=O)NCCCC(=O)[O-])cc1C1=C2C=CC(=[N+](C)C)C=C2[Si](C)(C)c2cc(N(C)C)ccc21. The zero-order valence-electron chi connectivity index (χ0n) is 23.8. The Kier molecular flexibility index (Phi) is 7.89. The van der Waals surface area contributed by atoms with Crippen LogP contribution in [-0.4, -0.2) is 67.5 Å². The Bertz CT molecular complexity index is 1580. The number of rotatable bonds is 8. The Morgan fingerprint density at radius 2 is 1.77 bits per heavy atom. The van der Waals surface area contributed by atoms with Gasteiger partial charge in [0.2, 0.25) is 10.0 Å². The standard InChI is InChI=1S/C30H37N3O4SSi/c1-20-10-13-23(38(36,37)31-16-8-9-29(34)35)19-26(20)30-24-14-11-21(32(2)3)17-27(24)39(6,7)28-18-22(33(4)5)12-15-25(28)30/h10-15,17-19,31H,8-9,16H2,1-7H3. The first-order valence-electron chi connectivity index (χ1n) is 13.1. The van der Waals surface area contributed by atoms with E-state index in [1.165, 1.54) is 10.4 Å². The molecule has 1 aliphatic carbocycles. The molecule has 0 unspecified atom stereocenters. The molecule has 0 atom stereocenters. The molecule has 0 fully saturated rings. The summed E-state index contributed by atoms with van der Waals surface area (Å²) in [6, 6.07) is 11.8. The average molecular weight is 564 g/mol. The monoisotopic (exact) mass is 563 g/mol. The molecule has 7 nitrogen and oxygen atoms in total. The van der Waals surface area contributed by atoms with Gasteiger partial charge in [0, 0.05) is 44.4 Å². The van der Waals surface area contributed by atoms with E-state index in [2.05, 4.69) is 63.7 Å². The summed E-state index contributed by atoms with van der Waals surface area (Å²) in [7, 11) is 2.22. The predicted molar refractivity (Wildman–Crippen MR) is 159 cm³/mol. The van der Waals surface area contributed by atoms with E-state index in [9.17, 15) is 18.3 Å². The molecule has 1 heterocycles. The number of aryl methyl sites for hydroxylation is 1. The summed E-state index contributed by atoms with van der Waals surface area (Å²) >= 11 is 0. The Morgan fingerprint density at radius 1 is 1.05 bits per heavy atom. The lowest BCUT2D eigenvalue weighted by Crippen LogP contribution is -2.49. The number of carbonyl (C=O) groups is 1. The molecule has 1 N–H and O–H groups in total. The normalized spacial score (nSPS) is 16.0. The Morgan fingerprint density at radius 3 is 2.41 bits per heavy atom. The quantitative estimate of drug-likeness (QED) is 0.303. The zero-order chi connectivity index (χ0) is 28.7. The molecule has 0 saturated heterocycles. The summed E-state index contributed by atoms with van der Waals surface area (Å²) in [4.78, 5) is 13.0. The molecule has 206 valence electrons. The third-order valence-corrected chi connectivity index (χ3v) is 12.5. The molecule has 9 heteroatoms. The lowest BCUT2D eigenvalue weighted by atomic mass is 9.87. The number of anilines is 1. The fourth-order valence-electron chi connectivity index (χ4n) is 5.23. The van der Waals surface area contributed by atoms with Crippen LogP contribution in [-0.2, 0) is 14.8 Å². The lowest BCUT2D eigenvalue weighted by molar-refractivity contribution is -0.462. The first kappa shape index (κ1) is 28.7. The third kappa shape index (κ3) is 5.57. The molecular formula is C30H37N3O4SSi. The van der Waals surface area contributed by atoms with Gasteiger partial charge in [0.05, 0.1) is 4.90 Å². The fourth-order valence-corrected chi connectivity index (χ4v) is 9.40. The van der Waals surface area contributed by atoms with E-state index in [0.717, 1.165) is 39.2 Å². The summed E-state index contributed by atoms with van der Waals surface area (Å²) in [5, 5.41) is 13.4. The topological polar surface area (TPSA) is 92.5 Å². The summed E-state index contributed by atoms with van der Waals surface area (Å²) in [5.41, 5.74) is 7.43. The minimum absolute atomic E-state index is 0.0299. The van der Waals surface area contributed by atoms with Crippen molar-refractivity contribution < 1.29 is 22.9 Å². The van der Waals surface area contributed by atoms with E-state index < -0.39 is 24.1 Å². The van der Waals surface area contributed by atoms with Crippen LogP contribution in [0.4, 0.5) is 5.69 Å². The van der Waals surface area contributed by atoms with Crippen LogP contribution in [0.5, 0.6) is 0 Å².